The van der Waals surface area contributed by atoms with Crippen molar-refractivity contribution in [3.05, 3.63) is 28.4 Å². The molecular weight excluding hydrogens is 254 g/mol. The maximum Gasteiger partial charge on any atom is 0.112 e. The van der Waals surface area contributed by atoms with Gasteiger partial charge in [-0.3, -0.25) is 4.68 Å². The first-order valence-electron chi connectivity index (χ1n) is 5.00. The fourth-order valence-electron chi connectivity index (χ4n) is 1.59. The molecule has 2 N–H and O–H groups in total. The second kappa shape index (κ2) is 3.94. The molecule has 0 unspecified atom stereocenters. The highest BCUT2D eigenvalue weighted by Crippen LogP contribution is 2.26. The number of fused-ring (bicyclic) bond motifs is 1. The van der Waals surface area contributed by atoms with Crippen LogP contribution in [0, 0.1) is 0 Å². The summed E-state index contributed by atoms with van der Waals surface area (Å²) in [5.41, 5.74) is 7.71. The SMILES string of the molecule is CC(C)n1nc2cc(CN)ccc2c1Br. The molecule has 0 amide bonds. The third kappa shape index (κ3) is 1.79. The molecule has 3 nitrogen and oxygen atoms in total. The summed E-state index contributed by atoms with van der Waals surface area (Å²) < 4.78 is 3.02. The quantitative estimate of drug-likeness (QED) is 0.910. The number of nitrogens with two attached hydrogens (primary N) is 1. The highest BCUT2D eigenvalue weighted by atomic mass is 79.9. The summed E-state index contributed by atoms with van der Waals surface area (Å²) in [6.45, 7) is 4.78. The molecule has 0 fully saturated rings. The Kier molecular flexibility index (Phi) is 2.80. The lowest BCUT2D eigenvalue weighted by molar-refractivity contribution is 0.527. The first-order chi connectivity index (χ1) is 7.13. The van der Waals surface area contributed by atoms with Gasteiger partial charge in [-0.2, -0.15) is 5.10 Å². The van der Waals surface area contributed by atoms with Gasteiger partial charge < -0.3 is 5.73 Å². The Morgan fingerprint density at radius 3 is 2.80 bits per heavy atom. The third-order valence-corrected chi connectivity index (χ3v) is 3.22. The van der Waals surface area contributed by atoms with Gasteiger partial charge in [0.15, 0.2) is 0 Å². The van der Waals surface area contributed by atoms with Gasteiger partial charge in [-0.05, 0) is 47.5 Å². The Hall–Kier alpha value is -0.870. The van der Waals surface area contributed by atoms with Gasteiger partial charge in [-0.15, -0.1) is 0 Å². The van der Waals surface area contributed by atoms with E-state index < -0.39 is 0 Å². The summed E-state index contributed by atoms with van der Waals surface area (Å²) in [4.78, 5) is 0. The molecule has 0 radical (unpaired) electrons. The normalized spacial score (nSPS) is 11.5. The molecule has 0 saturated heterocycles. The Labute approximate surface area is 97.4 Å². The summed E-state index contributed by atoms with van der Waals surface area (Å²) in [5.74, 6) is 0. The standard InChI is InChI=1S/C11H14BrN3/c1-7(2)15-11(12)9-4-3-8(6-13)5-10(9)14-15/h3-5,7H,6,13H2,1-2H3. The van der Waals surface area contributed by atoms with E-state index in [0.29, 0.717) is 12.6 Å². The van der Waals surface area contributed by atoms with Crippen LogP contribution in [-0.4, -0.2) is 9.78 Å². The smallest absolute Gasteiger partial charge is 0.112 e. The van der Waals surface area contributed by atoms with E-state index in [0.717, 1.165) is 21.1 Å². The largest absolute Gasteiger partial charge is 0.326 e. The number of hydrogen-bond donors (Lipinski definition) is 1. The van der Waals surface area contributed by atoms with E-state index in [2.05, 4.69) is 40.9 Å². The first-order valence-corrected chi connectivity index (χ1v) is 5.79. The van der Waals surface area contributed by atoms with Gasteiger partial charge in [0, 0.05) is 18.0 Å². The van der Waals surface area contributed by atoms with Crippen molar-refractivity contribution in [1.82, 2.24) is 9.78 Å². The van der Waals surface area contributed by atoms with Crippen molar-refractivity contribution in [2.24, 2.45) is 5.73 Å². The van der Waals surface area contributed by atoms with Crippen LogP contribution in [0.4, 0.5) is 0 Å². The lowest BCUT2D eigenvalue weighted by atomic mass is 10.2. The minimum absolute atomic E-state index is 0.355. The number of rotatable bonds is 2. The summed E-state index contributed by atoms with van der Waals surface area (Å²) in [6, 6.07) is 6.50. The van der Waals surface area contributed by atoms with Crippen molar-refractivity contribution >= 4 is 26.8 Å². The number of halogens is 1. The van der Waals surface area contributed by atoms with Crippen molar-refractivity contribution in [3.63, 3.8) is 0 Å². The molecule has 1 heterocycles. The summed E-state index contributed by atoms with van der Waals surface area (Å²) in [5, 5.41) is 5.67. The molecule has 4 heteroatoms. The molecule has 1 aromatic carbocycles. The van der Waals surface area contributed by atoms with Gasteiger partial charge in [-0.1, -0.05) is 6.07 Å². The molecular formula is C11H14BrN3. The van der Waals surface area contributed by atoms with Crippen LogP contribution < -0.4 is 5.73 Å². The molecule has 2 rings (SSSR count). The Balaban J connectivity index is 2.65. The van der Waals surface area contributed by atoms with Crippen LogP contribution >= 0.6 is 15.9 Å². The van der Waals surface area contributed by atoms with Crippen LogP contribution in [-0.2, 0) is 6.54 Å². The average Bonchev–Trinajstić information content (AvgIpc) is 2.55. The molecule has 2 aromatic rings. The monoisotopic (exact) mass is 267 g/mol. The average molecular weight is 268 g/mol. The number of benzene rings is 1. The number of aromatic nitrogens is 2. The number of nitrogens with zero attached hydrogens (tertiary/aromatic N) is 2. The van der Waals surface area contributed by atoms with Crippen molar-refractivity contribution in [2.45, 2.75) is 26.4 Å². The van der Waals surface area contributed by atoms with E-state index in [1.165, 1.54) is 0 Å². The van der Waals surface area contributed by atoms with Crippen molar-refractivity contribution < 1.29 is 0 Å². The Bertz CT molecular complexity index is 488. The highest BCUT2D eigenvalue weighted by Gasteiger charge is 2.10. The van der Waals surface area contributed by atoms with Gasteiger partial charge in [-0.25, -0.2) is 0 Å². The summed E-state index contributed by atoms with van der Waals surface area (Å²) in [6.07, 6.45) is 0. The van der Waals surface area contributed by atoms with E-state index in [4.69, 9.17) is 5.73 Å². The molecule has 0 atom stereocenters. The molecule has 0 bridgehead atoms. The van der Waals surface area contributed by atoms with E-state index in [1.54, 1.807) is 0 Å². The van der Waals surface area contributed by atoms with Crippen molar-refractivity contribution in [2.75, 3.05) is 0 Å². The van der Waals surface area contributed by atoms with Crippen molar-refractivity contribution in [1.29, 1.82) is 0 Å². The molecule has 0 aliphatic carbocycles. The zero-order chi connectivity index (χ0) is 11.0. The minimum Gasteiger partial charge on any atom is -0.326 e. The summed E-state index contributed by atoms with van der Waals surface area (Å²) >= 11 is 3.57. The molecule has 0 aliphatic rings. The fourth-order valence-corrected chi connectivity index (χ4v) is 2.41. The second-order valence-corrected chi connectivity index (χ2v) is 4.64. The lowest BCUT2D eigenvalue weighted by Crippen LogP contribution is -2.02. The third-order valence-electron chi connectivity index (χ3n) is 2.43. The molecule has 80 valence electrons. The summed E-state index contributed by atoms with van der Waals surface area (Å²) in [7, 11) is 0. The predicted octanol–water partition coefficient (Wildman–Crippen LogP) is 2.84. The Morgan fingerprint density at radius 1 is 1.47 bits per heavy atom. The van der Waals surface area contributed by atoms with E-state index >= 15 is 0 Å². The van der Waals surface area contributed by atoms with Crippen LogP contribution in [0.1, 0.15) is 25.5 Å². The fraction of sp³-hybridized carbons (Fsp3) is 0.364. The van der Waals surface area contributed by atoms with E-state index in [1.807, 2.05) is 16.8 Å². The van der Waals surface area contributed by atoms with Gasteiger partial charge in [0.2, 0.25) is 0 Å². The van der Waals surface area contributed by atoms with E-state index in [9.17, 15) is 0 Å². The molecule has 15 heavy (non-hydrogen) atoms. The molecule has 0 aliphatic heterocycles. The molecule has 1 aromatic heterocycles. The van der Waals surface area contributed by atoms with Crippen LogP contribution in [0.15, 0.2) is 22.8 Å². The zero-order valence-corrected chi connectivity index (χ0v) is 10.5. The second-order valence-electron chi connectivity index (χ2n) is 3.88. The van der Waals surface area contributed by atoms with Crippen LogP contribution in [0.25, 0.3) is 10.9 Å². The number of hydrogen-bond acceptors (Lipinski definition) is 2. The van der Waals surface area contributed by atoms with E-state index in [-0.39, 0.29) is 0 Å². The van der Waals surface area contributed by atoms with Gasteiger partial charge >= 0.3 is 0 Å². The topological polar surface area (TPSA) is 43.8 Å². The van der Waals surface area contributed by atoms with Crippen LogP contribution in [0.3, 0.4) is 0 Å². The van der Waals surface area contributed by atoms with Gasteiger partial charge in [0.25, 0.3) is 0 Å². The highest BCUT2D eigenvalue weighted by molar-refractivity contribution is 9.10. The van der Waals surface area contributed by atoms with Crippen molar-refractivity contribution in [3.8, 4) is 0 Å². The first kappa shape index (κ1) is 10.6. The minimum atomic E-state index is 0.355. The Morgan fingerprint density at radius 2 is 2.20 bits per heavy atom. The molecule has 0 spiro atoms. The lowest BCUT2D eigenvalue weighted by Gasteiger charge is -2.05. The predicted molar refractivity (Wildman–Crippen MR) is 65.7 cm³/mol. The van der Waals surface area contributed by atoms with Crippen LogP contribution in [0.5, 0.6) is 0 Å². The zero-order valence-electron chi connectivity index (χ0n) is 8.87. The van der Waals surface area contributed by atoms with Gasteiger partial charge in [0.1, 0.15) is 4.60 Å². The molecule has 0 saturated carbocycles. The maximum absolute atomic E-state index is 5.60. The maximum atomic E-state index is 5.60. The van der Waals surface area contributed by atoms with Gasteiger partial charge in [0.05, 0.1) is 5.52 Å². The van der Waals surface area contributed by atoms with Crippen LogP contribution in [0.2, 0.25) is 0 Å².